The molecule has 2 amide bonds. The maximum Gasteiger partial charge on any atom is 0.338 e. The first-order valence-electron chi connectivity index (χ1n) is 11.9. The number of piperidine rings is 1. The highest BCUT2D eigenvalue weighted by molar-refractivity contribution is 7.92. The molecule has 37 heavy (non-hydrogen) atoms. The lowest BCUT2D eigenvalue weighted by Crippen LogP contribution is -2.45. The zero-order valence-corrected chi connectivity index (χ0v) is 22.9. The highest BCUT2D eigenvalue weighted by atomic mass is 32.2. The maximum absolute atomic E-state index is 12.7. The minimum atomic E-state index is -4.07. The summed E-state index contributed by atoms with van der Waals surface area (Å²) >= 11 is 1.01. The number of likely N-dealkylation sites (tertiary alicyclic amines) is 1. The molecule has 1 fully saturated rings. The van der Waals surface area contributed by atoms with Gasteiger partial charge in [0.05, 0.1) is 29.5 Å². The van der Waals surface area contributed by atoms with Gasteiger partial charge in [-0.1, -0.05) is 25.2 Å². The van der Waals surface area contributed by atoms with E-state index < -0.39 is 45.1 Å². The molecule has 2 aromatic rings. The highest BCUT2D eigenvalue weighted by Crippen LogP contribution is 2.22. The number of amides is 2. The second kappa shape index (κ2) is 12.0. The molecule has 0 bridgehead atoms. The van der Waals surface area contributed by atoms with E-state index in [0.29, 0.717) is 23.3 Å². The van der Waals surface area contributed by atoms with E-state index in [2.05, 4.69) is 4.99 Å². The van der Waals surface area contributed by atoms with Crippen molar-refractivity contribution < 1.29 is 37.1 Å². The van der Waals surface area contributed by atoms with E-state index in [1.54, 1.807) is 19.1 Å². The van der Waals surface area contributed by atoms with Crippen molar-refractivity contribution in [2.75, 3.05) is 38.3 Å². The second-order valence-electron chi connectivity index (χ2n) is 9.23. The monoisotopic (exact) mass is 553 g/mol. The molecule has 0 aliphatic carbocycles. The average molecular weight is 554 g/mol. The van der Waals surface area contributed by atoms with Crippen LogP contribution in [0.15, 0.2) is 23.2 Å². The molecule has 13 heteroatoms. The van der Waals surface area contributed by atoms with Gasteiger partial charge in [-0.15, -0.1) is 0 Å². The predicted octanol–water partition coefficient (Wildman–Crippen LogP) is 1.40. The molecule has 1 aromatic carbocycles. The number of carbonyl (C=O) groups is 4. The summed E-state index contributed by atoms with van der Waals surface area (Å²) in [6.07, 6.45) is 0.968. The van der Waals surface area contributed by atoms with Crippen LogP contribution in [0.5, 0.6) is 0 Å². The van der Waals surface area contributed by atoms with Crippen LogP contribution in [0.25, 0.3) is 10.2 Å². The Balaban J connectivity index is 1.86. The third-order valence-electron chi connectivity index (χ3n) is 5.84. The number of methoxy groups -OCH3 is 1. The number of fused-ring (bicyclic) bond motifs is 1. The van der Waals surface area contributed by atoms with Crippen molar-refractivity contribution in [3.63, 3.8) is 0 Å². The Hall–Kier alpha value is -3.06. The molecule has 1 saturated heterocycles. The molecule has 0 N–H and O–H groups in total. The summed E-state index contributed by atoms with van der Waals surface area (Å²) in [5.41, 5.74) is 0.780. The number of hydrogen-bond donors (Lipinski definition) is 0. The number of ether oxygens (including phenoxy) is 2. The number of hydrogen-bond acceptors (Lipinski definition) is 9. The van der Waals surface area contributed by atoms with Gasteiger partial charge in [0, 0.05) is 13.1 Å². The smallest absolute Gasteiger partial charge is 0.338 e. The SMILES string of the molecule is CCOC(=O)c1ccc2c(c1)sc(=NC(=O)CS(=O)(=O)CC(=O)N1CC(C)CC(C)C1)n2CC(=O)OC. The Morgan fingerprint density at radius 3 is 2.41 bits per heavy atom. The van der Waals surface area contributed by atoms with E-state index in [-0.39, 0.29) is 35.4 Å². The Morgan fingerprint density at radius 2 is 1.78 bits per heavy atom. The minimum absolute atomic E-state index is 0.0617. The van der Waals surface area contributed by atoms with Gasteiger partial charge in [0.1, 0.15) is 18.1 Å². The van der Waals surface area contributed by atoms with Crippen LogP contribution in [0.2, 0.25) is 0 Å². The van der Waals surface area contributed by atoms with Gasteiger partial charge in [-0.2, -0.15) is 4.99 Å². The number of rotatable bonds is 8. The first-order chi connectivity index (χ1) is 17.4. The van der Waals surface area contributed by atoms with Crippen molar-refractivity contribution in [2.45, 2.75) is 33.7 Å². The summed E-state index contributed by atoms with van der Waals surface area (Å²) in [7, 11) is -2.86. The summed E-state index contributed by atoms with van der Waals surface area (Å²) in [5, 5.41) is 0. The lowest BCUT2D eigenvalue weighted by Gasteiger charge is -2.34. The van der Waals surface area contributed by atoms with Crippen LogP contribution in [-0.4, -0.2) is 79.9 Å². The van der Waals surface area contributed by atoms with E-state index in [4.69, 9.17) is 9.47 Å². The van der Waals surface area contributed by atoms with Gasteiger partial charge in [-0.3, -0.25) is 14.4 Å². The number of esters is 2. The van der Waals surface area contributed by atoms with Crippen LogP contribution in [0.4, 0.5) is 0 Å². The zero-order valence-electron chi connectivity index (χ0n) is 21.3. The first kappa shape index (κ1) is 28.5. The number of carbonyl (C=O) groups excluding carboxylic acids is 4. The van der Waals surface area contributed by atoms with E-state index >= 15 is 0 Å². The molecule has 3 rings (SSSR count). The topological polar surface area (TPSA) is 141 Å². The highest BCUT2D eigenvalue weighted by Gasteiger charge is 2.29. The molecule has 2 unspecified atom stereocenters. The van der Waals surface area contributed by atoms with E-state index in [9.17, 15) is 27.6 Å². The fourth-order valence-corrected chi connectivity index (χ4v) is 6.56. The van der Waals surface area contributed by atoms with E-state index in [1.807, 2.05) is 13.8 Å². The molecule has 0 spiro atoms. The lowest BCUT2D eigenvalue weighted by atomic mass is 9.92. The Kier molecular flexibility index (Phi) is 9.24. The fraction of sp³-hybridized carbons (Fsp3) is 0.542. The van der Waals surface area contributed by atoms with E-state index in [1.165, 1.54) is 22.6 Å². The number of benzene rings is 1. The molecule has 11 nitrogen and oxygen atoms in total. The molecule has 0 radical (unpaired) electrons. The first-order valence-corrected chi connectivity index (χ1v) is 14.5. The van der Waals surface area contributed by atoms with Gasteiger partial charge < -0.3 is 18.9 Å². The number of aromatic nitrogens is 1. The molecule has 2 heterocycles. The molecule has 1 aliphatic rings. The van der Waals surface area contributed by atoms with Crippen molar-refractivity contribution in [3.05, 3.63) is 28.6 Å². The van der Waals surface area contributed by atoms with Gasteiger partial charge in [0.25, 0.3) is 5.91 Å². The Bertz CT molecular complexity index is 1370. The summed E-state index contributed by atoms with van der Waals surface area (Å²) in [6.45, 7) is 6.60. The van der Waals surface area contributed by atoms with Crippen LogP contribution in [0, 0.1) is 11.8 Å². The van der Waals surface area contributed by atoms with Crippen LogP contribution < -0.4 is 4.80 Å². The van der Waals surface area contributed by atoms with Crippen LogP contribution in [0.1, 0.15) is 37.6 Å². The lowest BCUT2D eigenvalue weighted by molar-refractivity contribution is -0.141. The van der Waals surface area contributed by atoms with Gasteiger partial charge in [-0.25, -0.2) is 13.2 Å². The largest absolute Gasteiger partial charge is 0.468 e. The molecule has 2 atom stereocenters. The van der Waals surface area contributed by atoms with Gasteiger partial charge in [0.2, 0.25) is 5.91 Å². The van der Waals surface area contributed by atoms with Crippen molar-refractivity contribution in [3.8, 4) is 0 Å². The summed E-state index contributed by atoms with van der Waals surface area (Å²) in [4.78, 5) is 54.9. The maximum atomic E-state index is 12.7. The molecule has 0 saturated carbocycles. The fourth-order valence-electron chi connectivity index (χ4n) is 4.37. The quantitative estimate of drug-likeness (QED) is 0.447. The number of nitrogens with zero attached hydrogens (tertiary/aromatic N) is 3. The third kappa shape index (κ3) is 7.48. The molecular formula is C24H31N3O8S2. The summed E-state index contributed by atoms with van der Waals surface area (Å²) < 4.78 is 37.0. The standard InChI is InChI=1S/C24H31N3O8S2/c1-5-35-23(31)17-6-7-18-19(9-17)36-24(27(18)12-22(30)34-4)25-20(28)13-37(32,33)14-21(29)26-10-15(2)8-16(3)11-26/h6-7,9,15-16H,5,8,10-14H2,1-4H3. The van der Waals surface area contributed by atoms with Crippen molar-refractivity contribution in [1.29, 1.82) is 0 Å². The summed E-state index contributed by atoms with van der Waals surface area (Å²) in [6, 6.07) is 4.65. The van der Waals surface area contributed by atoms with Crippen LogP contribution in [0.3, 0.4) is 0 Å². The van der Waals surface area contributed by atoms with Crippen molar-refractivity contribution >= 4 is 55.1 Å². The predicted molar refractivity (Wildman–Crippen MR) is 137 cm³/mol. The third-order valence-corrected chi connectivity index (χ3v) is 8.25. The van der Waals surface area contributed by atoms with Crippen molar-refractivity contribution in [1.82, 2.24) is 9.47 Å². The van der Waals surface area contributed by atoms with E-state index in [0.717, 1.165) is 17.8 Å². The molecule has 202 valence electrons. The number of sulfone groups is 1. The van der Waals surface area contributed by atoms with Gasteiger partial charge in [0.15, 0.2) is 14.6 Å². The Morgan fingerprint density at radius 1 is 1.11 bits per heavy atom. The number of thiazole rings is 1. The normalized spacial score (nSPS) is 18.6. The minimum Gasteiger partial charge on any atom is -0.468 e. The Labute approximate surface area is 219 Å². The van der Waals surface area contributed by atoms with Crippen LogP contribution in [-0.2, 0) is 40.2 Å². The molecule has 1 aromatic heterocycles. The van der Waals surface area contributed by atoms with Gasteiger partial charge >= 0.3 is 11.9 Å². The van der Waals surface area contributed by atoms with Crippen molar-refractivity contribution in [2.24, 2.45) is 16.8 Å². The average Bonchev–Trinajstić information content (AvgIpc) is 3.13. The van der Waals surface area contributed by atoms with Gasteiger partial charge in [-0.05, 0) is 43.4 Å². The van der Waals surface area contributed by atoms with Crippen LogP contribution >= 0.6 is 11.3 Å². The molecular weight excluding hydrogens is 522 g/mol. The molecule has 1 aliphatic heterocycles. The zero-order chi connectivity index (χ0) is 27.3. The summed E-state index contributed by atoms with van der Waals surface area (Å²) in [5.74, 6) is -3.80. The second-order valence-corrected chi connectivity index (χ2v) is 12.3.